The fourth-order valence-corrected chi connectivity index (χ4v) is 2.14. The number of hydrogen-bond acceptors (Lipinski definition) is 2. The van der Waals surface area contributed by atoms with Gasteiger partial charge in [0.1, 0.15) is 11.5 Å². The summed E-state index contributed by atoms with van der Waals surface area (Å²) in [6.07, 6.45) is 4.05. The largest absolute Gasteiger partial charge is 0.457 e. The number of para-hydroxylation sites is 1. The van der Waals surface area contributed by atoms with Gasteiger partial charge in [-0.25, -0.2) is 0 Å². The number of benzene rings is 2. The maximum Gasteiger partial charge on any atom is 0.128 e. The van der Waals surface area contributed by atoms with Crippen molar-refractivity contribution in [1.82, 2.24) is 4.98 Å². The Morgan fingerprint density at radius 3 is 2.36 bits per heavy atom. The first-order valence-corrected chi connectivity index (χ1v) is 7.24. The number of hydrogen-bond donors (Lipinski definition) is 0. The zero-order valence-corrected chi connectivity index (χ0v) is 12.4. The minimum Gasteiger partial charge on any atom is -0.457 e. The molecule has 0 spiro atoms. The smallest absolute Gasteiger partial charge is 0.128 e. The highest BCUT2D eigenvalue weighted by Gasteiger charge is 1.97. The number of nitrogens with zero attached hydrogens (tertiary/aromatic N) is 1. The molecule has 3 rings (SSSR count). The first-order valence-electron chi connectivity index (χ1n) is 7.24. The summed E-state index contributed by atoms with van der Waals surface area (Å²) in [5.41, 5.74) is 3.05. The maximum absolute atomic E-state index is 5.84. The number of aromatic nitrogens is 1. The number of aryl methyl sites for hydroxylation is 1. The van der Waals surface area contributed by atoms with Gasteiger partial charge in [0.15, 0.2) is 0 Å². The Balaban J connectivity index is 1.76. The molecule has 1 aromatic heterocycles. The summed E-state index contributed by atoms with van der Waals surface area (Å²) in [7, 11) is 0. The molecule has 0 saturated carbocycles. The van der Waals surface area contributed by atoms with Gasteiger partial charge in [-0.15, -0.1) is 0 Å². The summed E-state index contributed by atoms with van der Waals surface area (Å²) in [4.78, 5) is 4.46. The summed E-state index contributed by atoms with van der Waals surface area (Å²) in [5.74, 6) is 1.66. The summed E-state index contributed by atoms with van der Waals surface area (Å²) < 4.78 is 5.84. The van der Waals surface area contributed by atoms with Gasteiger partial charge in [0.2, 0.25) is 0 Å². The predicted octanol–water partition coefficient (Wildman–Crippen LogP) is 5.35. The van der Waals surface area contributed by atoms with Crippen molar-refractivity contribution in [3.05, 3.63) is 89.7 Å². The van der Waals surface area contributed by atoms with E-state index in [0.717, 1.165) is 28.5 Å². The standard InChI is InChI=1S/C20H17NO/c1-16-7-5-9-18(21-16)14-13-17-8-6-12-20(15-17)22-19-10-3-2-4-11-19/h2-15H,1H3. The third-order valence-electron chi connectivity index (χ3n) is 3.19. The van der Waals surface area contributed by atoms with Crippen LogP contribution in [0.2, 0.25) is 0 Å². The molecular weight excluding hydrogens is 270 g/mol. The molecule has 22 heavy (non-hydrogen) atoms. The summed E-state index contributed by atoms with van der Waals surface area (Å²) in [6.45, 7) is 1.99. The molecule has 0 atom stereocenters. The molecule has 1 heterocycles. The van der Waals surface area contributed by atoms with Gasteiger partial charge in [0.05, 0.1) is 5.69 Å². The Bertz CT molecular complexity index is 778. The highest BCUT2D eigenvalue weighted by atomic mass is 16.5. The van der Waals surface area contributed by atoms with E-state index in [-0.39, 0.29) is 0 Å². The van der Waals surface area contributed by atoms with Crippen molar-refractivity contribution >= 4 is 12.2 Å². The topological polar surface area (TPSA) is 22.1 Å². The van der Waals surface area contributed by atoms with Crippen LogP contribution in [0.1, 0.15) is 17.0 Å². The maximum atomic E-state index is 5.84. The Morgan fingerprint density at radius 1 is 0.773 bits per heavy atom. The SMILES string of the molecule is Cc1cccc(C=Cc2cccc(Oc3ccccc3)c2)n1. The number of ether oxygens (including phenoxy) is 1. The molecule has 0 fully saturated rings. The van der Waals surface area contributed by atoms with Crippen molar-refractivity contribution in [3.63, 3.8) is 0 Å². The molecule has 3 aromatic rings. The average molecular weight is 287 g/mol. The Morgan fingerprint density at radius 2 is 1.55 bits per heavy atom. The average Bonchev–Trinajstić information content (AvgIpc) is 2.54. The van der Waals surface area contributed by atoms with Crippen molar-refractivity contribution < 1.29 is 4.74 Å². The molecule has 0 aliphatic rings. The third-order valence-corrected chi connectivity index (χ3v) is 3.19. The lowest BCUT2D eigenvalue weighted by Gasteiger charge is -2.05. The summed E-state index contributed by atoms with van der Waals surface area (Å²) in [5, 5.41) is 0. The van der Waals surface area contributed by atoms with Gasteiger partial charge in [0, 0.05) is 5.69 Å². The van der Waals surface area contributed by atoms with Crippen LogP contribution in [-0.4, -0.2) is 4.98 Å². The van der Waals surface area contributed by atoms with Crippen LogP contribution < -0.4 is 4.74 Å². The second-order valence-corrected chi connectivity index (χ2v) is 5.02. The van der Waals surface area contributed by atoms with E-state index in [1.807, 2.05) is 91.9 Å². The van der Waals surface area contributed by atoms with Crippen LogP contribution in [0, 0.1) is 6.92 Å². The molecule has 0 radical (unpaired) electrons. The van der Waals surface area contributed by atoms with Gasteiger partial charge < -0.3 is 4.74 Å². The minimum absolute atomic E-state index is 0.825. The normalized spacial score (nSPS) is 10.8. The van der Waals surface area contributed by atoms with Crippen LogP contribution in [0.4, 0.5) is 0 Å². The quantitative estimate of drug-likeness (QED) is 0.645. The molecule has 2 heteroatoms. The first kappa shape index (κ1) is 14.1. The van der Waals surface area contributed by atoms with Gasteiger partial charge in [-0.1, -0.05) is 42.5 Å². The lowest BCUT2D eigenvalue weighted by molar-refractivity contribution is 0.482. The van der Waals surface area contributed by atoms with Crippen LogP contribution >= 0.6 is 0 Å². The first-order chi connectivity index (χ1) is 10.8. The lowest BCUT2D eigenvalue weighted by Crippen LogP contribution is -1.85. The van der Waals surface area contributed by atoms with E-state index in [1.165, 1.54) is 0 Å². The zero-order chi connectivity index (χ0) is 15.2. The van der Waals surface area contributed by atoms with Crippen molar-refractivity contribution in [2.45, 2.75) is 6.92 Å². The van der Waals surface area contributed by atoms with E-state index < -0.39 is 0 Å². The molecule has 0 aliphatic heterocycles. The second-order valence-electron chi connectivity index (χ2n) is 5.02. The molecule has 0 bridgehead atoms. The lowest BCUT2D eigenvalue weighted by atomic mass is 10.2. The fourth-order valence-electron chi connectivity index (χ4n) is 2.14. The number of pyridine rings is 1. The summed E-state index contributed by atoms with van der Waals surface area (Å²) >= 11 is 0. The predicted molar refractivity (Wildman–Crippen MR) is 90.9 cm³/mol. The molecule has 0 saturated heterocycles. The van der Waals surface area contributed by atoms with Gasteiger partial charge in [-0.2, -0.15) is 0 Å². The van der Waals surface area contributed by atoms with E-state index >= 15 is 0 Å². The van der Waals surface area contributed by atoms with Gasteiger partial charge in [0.25, 0.3) is 0 Å². The van der Waals surface area contributed by atoms with Crippen LogP contribution in [0.3, 0.4) is 0 Å². The highest BCUT2D eigenvalue weighted by Crippen LogP contribution is 2.22. The van der Waals surface area contributed by atoms with Gasteiger partial charge in [-0.3, -0.25) is 4.98 Å². The van der Waals surface area contributed by atoms with Crippen LogP contribution in [0.5, 0.6) is 11.5 Å². The molecule has 0 unspecified atom stereocenters. The molecule has 0 aliphatic carbocycles. The van der Waals surface area contributed by atoms with E-state index in [0.29, 0.717) is 0 Å². The molecule has 0 amide bonds. The van der Waals surface area contributed by atoms with Gasteiger partial charge >= 0.3 is 0 Å². The third kappa shape index (κ3) is 3.83. The Labute approximate surface area is 130 Å². The number of rotatable bonds is 4. The van der Waals surface area contributed by atoms with Crippen LogP contribution in [0.25, 0.3) is 12.2 Å². The van der Waals surface area contributed by atoms with E-state index in [4.69, 9.17) is 4.74 Å². The van der Waals surface area contributed by atoms with E-state index in [2.05, 4.69) is 4.98 Å². The van der Waals surface area contributed by atoms with Crippen LogP contribution in [-0.2, 0) is 0 Å². The molecule has 2 aromatic carbocycles. The minimum atomic E-state index is 0.825. The van der Waals surface area contributed by atoms with Crippen molar-refractivity contribution in [2.24, 2.45) is 0 Å². The molecule has 0 N–H and O–H groups in total. The highest BCUT2D eigenvalue weighted by molar-refractivity contribution is 5.68. The Hall–Kier alpha value is -2.87. The zero-order valence-electron chi connectivity index (χ0n) is 12.4. The van der Waals surface area contributed by atoms with Crippen LogP contribution in [0.15, 0.2) is 72.8 Å². The monoisotopic (exact) mass is 287 g/mol. The van der Waals surface area contributed by atoms with Crippen molar-refractivity contribution in [2.75, 3.05) is 0 Å². The summed E-state index contributed by atoms with van der Waals surface area (Å²) in [6, 6.07) is 23.8. The molecule has 2 nitrogen and oxygen atoms in total. The fraction of sp³-hybridized carbons (Fsp3) is 0.0500. The molecule has 108 valence electrons. The van der Waals surface area contributed by atoms with Crippen molar-refractivity contribution in [3.8, 4) is 11.5 Å². The van der Waals surface area contributed by atoms with Crippen molar-refractivity contribution in [1.29, 1.82) is 0 Å². The molecular formula is C20H17NO. The van der Waals surface area contributed by atoms with E-state index in [9.17, 15) is 0 Å². The van der Waals surface area contributed by atoms with E-state index in [1.54, 1.807) is 0 Å². The second kappa shape index (κ2) is 6.72. The Kier molecular flexibility index (Phi) is 4.30. The van der Waals surface area contributed by atoms with Gasteiger partial charge in [-0.05, 0) is 55.0 Å².